The maximum absolute atomic E-state index is 10.9. The van der Waals surface area contributed by atoms with Crippen molar-refractivity contribution < 1.29 is 9.84 Å². The van der Waals surface area contributed by atoms with Gasteiger partial charge in [0.1, 0.15) is 6.10 Å². The molecule has 2 nitrogen and oxygen atoms in total. The maximum Gasteiger partial charge on any atom is 0.113 e. The van der Waals surface area contributed by atoms with Crippen molar-refractivity contribution in [2.45, 2.75) is 71.2 Å². The number of aliphatic hydroxyl groups is 1. The fraction of sp³-hybridized carbons (Fsp3) is 0.700. The van der Waals surface area contributed by atoms with Crippen LogP contribution in [0.2, 0.25) is 0 Å². The predicted molar refractivity (Wildman–Crippen MR) is 90.6 cm³/mol. The van der Waals surface area contributed by atoms with Gasteiger partial charge in [-0.1, -0.05) is 42.9 Å². The van der Waals surface area contributed by atoms with Gasteiger partial charge in [0.2, 0.25) is 0 Å². The Bertz CT molecular complexity index is 528. The van der Waals surface area contributed by atoms with E-state index in [-0.39, 0.29) is 23.2 Å². The molecule has 0 bridgehead atoms. The van der Waals surface area contributed by atoms with Gasteiger partial charge in [0.25, 0.3) is 0 Å². The first-order valence-corrected chi connectivity index (χ1v) is 8.64. The first kappa shape index (κ1) is 16.0. The number of hydrogen-bond donors (Lipinski definition) is 1. The van der Waals surface area contributed by atoms with Gasteiger partial charge in [0.05, 0.1) is 11.7 Å². The summed E-state index contributed by atoms with van der Waals surface area (Å²) in [4.78, 5) is 0. The molecule has 22 heavy (non-hydrogen) atoms. The van der Waals surface area contributed by atoms with Crippen LogP contribution in [-0.2, 0) is 4.74 Å². The Balaban J connectivity index is 1.78. The van der Waals surface area contributed by atoms with Crippen LogP contribution in [0.5, 0.6) is 0 Å². The molecule has 2 aliphatic carbocycles. The standard InChI is InChI=1S/C20H30O2/c1-13(2)7-6-8-14(3)15-9-11-19(4)16(15)10-12-20(5)18(22-20)17(19)21/h6-8,15-18,21H,3,9-12H2,1-2,4-5H3/b8-6+/t15-,16-,17+,18-,19-,20+/m0/s1. The Morgan fingerprint density at radius 3 is 2.64 bits per heavy atom. The Hall–Kier alpha value is -0.860. The van der Waals surface area contributed by atoms with Crippen LogP contribution in [0.4, 0.5) is 0 Å². The zero-order chi connectivity index (χ0) is 16.1. The van der Waals surface area contributed by atoms with Gasteiger partial charge in [0, 0.05) is 0 Å². The molecule has 1 saturated heterocycles. The molecule has 3 aliphatic rings. The van der Waals surface area contributed by atoms with Crippen molar-refractivity contribution in [3.8, 4) is 0 Å². The highest BCUT2D eigenvalue weighted by Gasteiger charge is 2.65. The average Bonchev–Trinajstić information content (AvgIpc) is 3.00. The molecule has 0 amide bonds. The van der Waals surface area contributed by atoms with Crippen LogP contribution in [-0.4, -0.2) is 22.9 Å². The van der Waals surface area contributed by atoms with E-state index in [2.05, 4.69) is 52.5 Å². The molecule has 3 fully saturated rings. The molecule has 2 saturated carbocycles. The highest BCUT2D eigenvalue weighted by Crippen LogP contribution is 2.61. The summed E-state index contributed by atoms with van der Waals surface area (Å²) in [5, 5.41) is 10.9. The lowest BCUT2D eigenvalue weighted by atomic mass is 9.70. The van der Waals surface area contributed by atoms with Gasteiger partial charge in [-0.3, -0.25) is 0 Å². The van der Waals surface area contributed by atoms with E-state index in [0.29, 0.717) is 11.8 Å². The molecular weight excluding hydrogens is 272 g/mol. The second-order valence-corrected chi connectivity index (χ2v) is 8.27. The van der Waals surface area contributed by atoms with E-state index in [9.17, 15) is 5.11 Å². The third-order valence-electron chi connectivity index (χ3n) is 6.40. The van der Waals surface area contributed by atoms with Gasteiger partial charge in [0.15, 0.2) is 0 Å². The Kier molecular flexibility index (Phi) is 3.89. The van der Waals surface area contributed by atoms with E-state index in [1.165, 1.54) is 11.1 Å². The third kappa shape index (κ3) is 2.51. The van der Waals surface area contributed by atoms with Gasteiger partial charge in [-0.25, -0.2) is 0 Å². The van der Waals surface area contributed by atoms with Crippen LogP contribution in [0.15, 0.2) is 36.0 Å². The van der Waals surface area contributed by atoms with Crippen LogP contribution >= 0.6 is 0 Å². The summed E-state index contributed by atoms with van der Waals surface area (Å²) in [5.74, 6) is 1.03. The predicted octanol–water partition coefficient (Wildman–Crippen LogP) is 4.41. The summed E-state index contributed by atoms with van der Waals surface area (Å²) in [5.41, 5.74) is 2.43. The zero-order valence-electron chi connectivity index (χ0n) is 14.4. The summed E-state index contributed by atoms with van der Waals surface area (Å²) in [6.45, 7) is 13.0. The molecule has 2 heteroatoms. The van der Waals surface area contributed by atoms with Gasteiger partial charge < -0.3 is 9.84 Å². The first-order chi connectivity index (χ1) is 10.3. The number of fused-ring (bicyclic) bond motifs is 2. The van der Waals surface area contributed by atoms with Crippen molar-refractivity contribution in [1.82, 2.24) is 0 Å². The second kappa shape index (κ2) is 5.35. The van der Waals surface area contributed by atoms with Crippen molar-refractivity contribution in [1.29, 1.82) is 0 Å². The highest BCUT2D eigenvalue weighted by atomic mass is 16.6. The molecule has 122 valence electrons. The topological polar surface area (TPSA) is 32.8 Å². The SMILES string of the molecule is C=C(/C=C/C=C(C)C)[C@@H]1CC[C@]2(C)[C@H](O)[C@@H]3O[C@]3(C)CC[C@@H]12. The summed E-state index contributed by atoms with van der Waals surface area (Å²) in [7, 11) is 0. The van der Waals surface area contributed by atoms with Crippen molar-refractivity contribution in [2.24, 2.45) is 17.3 Å². The molecule has 0 aromatic carbocycles. The van der Waals surface area contributed by atoms with Gasteiger partial charge in [-0.2, -0.15) is 0 Å². The van der Waals surface area contributed by atoms with Crippen molar-refractivity contribution in [2.75, 3.05) is 0 Å². The lowest BCUT2D eigenvalue weighted by molar-refractivity contribution is -0.0163. The quantitative estimate of drug-likeness (QED) is 0.619. The van der Waals surface area contributed by atoms with Crippen LogP contribution in [0, 0.1) is 17.3 Å². The van der Waals surface area contributed by atoms with E-state index in [1.54, 1.807) is 0 Å². The molecule has 1 heterocycles. The van der Waals surface area contributed by atoms with Gasteiger partial charge >= 0.3 is 0 Å². The second-order valence-electron chi connectivity index (χ2n) is 8.27. The molecule has 3 rings (SSSR count). The van der Waals surface area contributed by atoms with Crippen LogP contribution < -0.4 is 0 Å². The largest absolute Gasteiger partial charge is 0.390 e. The number of rotatable bonds is 3. The fourth-order valence-electron chi connectivity index (χ4n) is 4.79. The summed E-state index contributed by atoms with van der Waals surface area (Å²) < 4.78 is 5.82. The average molecular weight is 302 g/mol. The Morgan fingerprint density at radius 1 is 1.23 bits per heavy atom. The molecule has 6 atom stereocenters. The maximum atomic E-state index is 10.9. The number of ether oxygens (including phenoxy) is 1. The number of epoxide rings is 1. The number of allylic oxidation sites excluding steroid dienone is 5. The van der Waals surface area contributed by atoms with E-state index in [4.69, 9.17) is 4.74 Å². The minimum Gasteiger partial charge on any atom is -0.390 e. The van der Waals surface area contributed by atoms with Crippen LogP contribution in [0.3, 0.4) is 0 Å². The lowest BCUT2D eigenvalue weighted by Gasteiger charge is -2.37. The minimum absolute atomic E-state index is 0.0170. The number of hydrogen-bond acceptors (Lipinski definition) is 2. The fourth-order valence-corrected chi connectivity index (χ4v) is 4.79. The molecule has 1 N–H and O–H groups in total. The first-order valence-electron chi connectivity index (χ1n) is 8.64. The molecule has 1 aliphatic heterocycles. The van der Waals surface area contributed by atoms with Gasteiger partial charge in [-0.05, 0) is 63.7 Å². The minimum atomic E-state index is -0.329. The van der Waals surface area contributed by atoms with E-state index < -0.39 is 0 Å². The normalized spacial score (nSPS) is 46.8. The third-order valence-corrected chi connectivity index (χ3v) is 6.40. The molecule has 0 unspecified atom stereocenters. The number of aliphatic hydroxyl groups excluding tert-OH is 1. The van der Waals surface area contributed by atoms with Crippen molar-refractivity contribution in [3.63, 3.8) is 0 Å². The monoisotopic (exact) mass is 302 g/mol. The summed E-state index contributed by atoms with van der Waals surface area (Å²) >= 11 is 0. The smallest absolute Gasteiger partial charge is 0.113 e. The Morgan fingerprint density at radius 2 is 1.95 bits per heavy atom. The Labute approximate surface area is 134 Å². The zero-order valence-corrected chi connectivity index (χ0v) is 14.4. The van der Waals surface area contributed by atoms with Crippen molar-refractivity contribution in [3.05, 3.63) is 36.0 Å². The van der Waals surface area contributed by atoms with E-state index >= 15 is 0 Å². The lowest BCUT2D eigenvalue weighted by Crippen LogP contribution is -2.40. The molecule has 0 aromatic heterocycles. The van der Waals surface area contributed by atoms with Gasteiger partial charge in [-0.15, -0.1) is 0 Å². The van der Waals surface area contributed by atoms with Crippen molar-refractivity contribution >= 4 is 0 Å². The van der Waals surface area contributed by atoms with Crippen LogP contribution in [0.25, 0.3) is 0 Å². The highest BCUT2D eigenvalue weighted by molar-refractivity contribution is 5.27. The van der Waals surface area contributed by atoms with Crippen LogP contribution in [0.1, 0.15) is 53.4 Å². The van der Waals surface area contributed by atoms with E-state index in [1.807, 2.05) is 0 Å². The molecule has 0 spiro atoms. The molecule has 0 aromatic rings. The molecule has 0 radical (unpaired) electrons. The summed E-state index contributed by atoms with van der Waals surface area (Å²) in [6, 6.07) is 0. The molecular formula is C20H30O2. The summed E-state index contributed by atoms with van der Waals surface area (Å²) in [6.07, 6.45) is 10.6. The van der Waals surface area contributed by atoms with E-state index in [0.717, 1.165) is 25.7 Å².